The number of hydrogen-bond donors (Lipinski definition) is 1. The predicted octanol–water partition coefficient (Wildman–Crippen LogP) is 5.55. The Morgan fingerprint density at radius 2 is 1.74 bits per heavy atom. The van der Waals surface area contributed by atoms with E-state index in [1.54, 1.807) is 42.5 Å². The van der Waals surface area contributed by atoms with Crippen LogP contribution in [0.15, 0.2) is 77.3 Å². The molecule has 31 heavy (non-hydrogen) atoms. The topological polar surface area (TPSA) is 77.3 Å². The lowest BCUT2D eigenvalue weighted by Crippen LogP contribution is -2.22. The zero-order chi connectivity index (χ0) is 21.6. The molecule has 0 unspecified atom stereocenters. The fraction of sp³-hybridized carbons (Fsp3) is 0.0870. The first-order valence-corrected chi connectivity index (χ1v) is 10.2. The van der Waals surface area contributed by atoms with Crippen LogP contribution in [0.2, 0.25) is 10.0 Å². The Morgan fingerprint density at radius 1 is 0.968 bits per heavy atom. The summed E-state index contributed by atoms with van der Waals surface area (Å²) in [5.41, 5.74) is 1.97. The number of amides is 1. The van der Waals surface area contributed by atoms with E-state index in [2.05, 4.69) is 15.5 Å². The van der Waals surface area contributed by atoms with Gasteiger partial charge >= 0.3 is 0 Å². The van der Waals surface area contributed by atoms with E-state index < -0.39 is 0 Å². The highest BCUT2D eigenvalue weighted by Gasteiger charge is 2.13. The molecule has 0 aliphatic rings. The molecule has 1 N–H and O–H groups in total. The van der Waals surface area contributed by atoms with Crippen molar-refractivity contribution in [2.24, 2.45) is 0 Å². The minimum atomic E-state index is -0.291. The van der Waals surface area contributed by atoms with Crippen molar-refractivity contribution < 1.29 is 14.1 Å². The third-order valence-corrected chi connectivity index (χ3v) is 5.13. The van der Waals surface area contributed by atoms with Crippen LogP contribution in [0.4, 0.5) is 0 Å². The summed E-state index contributed by atoms with van der Waals surface area (Å²) < 4.78 is 11.0. The molecule has 0 bridgehead atoms. The maximum atomic E-state index is 12.5. The van der Waals surface area contributed by atoms with E-state index in [4.69, 9.17) is 32.5 Å². The molecule has 0 saturated heterocycles. The normalized spacial score (nSPS) is 10.6. The molecule has 0 spiro atoms. The zero-order valence-electron chi connectivity index (χ0n) is 16.2. The van der Waals surface area contributed by atoms with Gasteiger partial charge in [-0.1, -0.05) is 64.8 Å². The Kier molecular flexibility index (Phi) is 6.50. The number of benzene rings is 3. The molecule has 4 rings (SSSR count). The van der Waals surface area contributed by atoms with Crippen molar-refractivity contribution in [2.75, 3.05) is 0 Å². The maximum absolute atomic E-state index is 12.5. The van der Waals surface area contributed by atoms with Crippen molar-refractivity contribution in [2.45, 2.75) is 13.2 Å². The highest BCUT2D eigenvalue weighted by Crippen LogP contribution is 2.25. The number of halogens is 2. The molecule has 0 atom stereocenters. The van der Waals surface area contributed by atoms with E-state index in [-0.39, 0.29) is 18.3 Å². The molecule has 0 saturated carbocycles. The fourth-order valence-corrected chi connectivity index (χ4v) is 3.25. The van der Waals surface area contributed by atoms with Crippen molar-refractivity contribution in [1.82, 2.24) is 15.5 Å². The van der Waals surface area contributed by atoms with Crippen molar-refractivity contribution in [3.05, 3.63) is 99.9 Å². The van der Waals surface area contributed by atoms with Crippen molar-refractivity contribution in [3.63, 3.8) is 0 Å². The molecular formula is C23H17Cl2N3O3. The summed E-state index contributed by atoms with van der Waals surface area (Å²) in [6, 6.07) is 21.5. The van der Waals surface area contributed by atoms with E-state index >= 15 is 0 Å². The van der Waals surface area contributed by atoms with E-state index in [1.807, 2.05) is 30.3 Å². The van der Waals surface area contributed by atoms with Gasteiger partial charge in [-0.15, -0.1) is 0 Å². The molecule has 1 aromatic heterocycles. The molecule has 0 aliphatic carbocycles. The van der Waals surface area contributed by atoms with E-state index in [1.165, 1.54) is 0 Å². The third-order valence-electron chi connectivity index (χ3n) is 4.43. The molecule has 1 amide bonds. The van der Waals surface area contributed by atoms with Crippen molar-refractivity contribution in [3.8, 4) is 17.1 Å². The monoisotopic (exact) mass is 453 g/mol. The van der Waals surface area contributed by atoms with E-state index in [0.717, 1.165) is 5.56 Å². The largest absolute Gasteiger partial charge is 0.489 e. The molecule has 156 valence electrons. The van der Waals surface area contributed by atoms with Gasteiger partial charge in [0.25, 0.3) is 5.91 Å². The second kappa shape index (κ2) is 9.64. The summed E-state index contributed by atoms with van der Waals surface area (Å²) in [7, 11) is 0. The summed E-state index contributed by atoms with van der Waals surface area (Å²) in [5, 5.41) is 7.83. The molecule has 0 radical (unpaired) electrons. The lowest BCUT2D eigenvalue weighted by molar-refractivity contribution is 0.0945. The molecule has 3 aromatic carbocycles. The van der Waals surface area contributed by atoms with Crippen LogP contribution >= 0.6 is 23.2 Å². The van der Waals surface area contributed by atoms with Gasteiger partial charge in [-0.25, -0.2) is 0 Å². The van der Waals surface area contributed by atoms with Crippen LogP contribution in [-0.4, -0.2) is 16.0 Å². The first-order chi connectivity index (χ1) is 15.1. The van der Waals surface area contributed by atoms with Gasteiger partial charge in [-0.2, -0.15) is 4.98 Å². The van der Waals surface area contributed by atoms with Crippen LogP contribution in [0.3, 0.4) is 0 Å². The van der Waals surface area contributed by atoms with Gasteiger partial charge in [-0.05, 0) is 36.4 Å². The lowest BCUT2D eigenvalue weighted by Gasteiger charge is -2.09. The molecule has 0 aliphatic heterocycles. The Hall–Kier alpha value is -3.35. The van der Waals surface area contributed by atoms with Crippen molar-refractivity contribution >= 4 is 29.1 Å². The van der Waals surface area contributed by atoms with Gasteiger partial charge < -0.3 is 14.6 Å². The second-order valence-electron chi connectivity index (χ2n) is 6.58. The molecule has 1 heterocycles. The summed E-state index contributed by atoms with van der Waals surface area (Å²) in [4.78, 5) is 16.8. The highest BCUT2D eigenvalue weighted by molar-refractivity contribution is 6.33. The average Bonchev–Trinajstić information content (AvgIpc) is 3.26. The smallest absolute Gasteiger partial charge is 0.251 e. The molecule has 6 nitrogen and oxygen atoms in total. The summed E-state index contributed by atoms with van der Waals surface area (Å²) >= 11 is 12.3. The van der Waals surface area contributed by atoms with E-state index in [0.29, 0.717) is 39.4 Å². The Labute approximate surface area is 188 Å². The number of hydrogen-bond acceptors (Lipinski definition) is 5. The van der Waals surface area contributed by atoms with Gasteiger partial charge in [0.1, 0.15) is 12.4 Å². The SMILES string of the molecule is O=C(NCc1nc(-c2ccccc2Cl)no1)c1cccc(OCc2ccccc2Cl)c1. The standard InChI is InChI=1S/C23H17Cl2N3O3/c24-19-10-3-1-6-16(19)14-30-17-8-5-7-15(12-17)23(29)26-13-21-27-22(28-31-21)18-9-2-4-11-20(18)25/h1-12H,13-14H2,(H,26,29). The summed E-state index contributed by atoms with van der Waals surface area (Å²) in [6.07, 6.45) is 0. The molecular weight excluding hydrogens is 437 g/mol. The number of carbonyl (C=O) groups excluding carboxylic acids is 1. The van der Waals surface area contributed by atoms with Gasteiger partial charge in [0, 0.05) is 21.7 Å². The van der Waals surface area contributed by atoms with Gasteiger partial charge in [0.15, 0.2) is 0 Å². The van der Waals surface area contributed by atoms with Gasteiger partial charge in [0.05, 0.1) is 11.6 Å². The number of aromatic nitrogens is 2. The number of nitrogens with one attached hydrogen (secondary N) is 1. The molecule has 0 fully saturated rings. The number of carbonyl (C=O) groups is 1. The molecule has 4 aromatic rings. The van der Waals surface area contributed by atoms with Crippen LogP contribution in [0, 0.1) is 0 Å². The average molecular weight is 454 g/mol. The molecule has 8 heteroatoms. The van der Waals surface area contributed by atoms with Crippen LogP contribution in [-0.2, 0) is 13.2 Å². The third kappa shape index (κ3) is 5.23. The maximum Gasteiger partial charge on any atom is 0.251 e. The number of ether oxygens (including phenoxy) is 1. The first kappa shape index (κ1) is 20.9. The summed E-state index contributed by atoms with van der Waals surface area (Å²) in [5.74, 6) is 0.909. The Balaban J connectivity index is 1.37. The van der Waals surface area contributed by atoms with E-state index in [9.17, 15) is 4.79 Å². The minimum absolute atomic E-state index is 0.0843. The summed E-state index contributed by atoms with van der Waals surface area (Å²) in [6.45, 7) is 0.387. The second-order valence-corrected chi connectivity index (χ2v) is 7.40. The minimum Gasteiger partial charge on any atom is -0.489 e. The number of nitrogens with zero attached hydrogens (tertiary/aromatic N) is 2. The van der Waals surface area contributed by atoms with Crippen LogP contribution < -0.4 is 10.1 Å². The van der Waals surface area contributed by atoms with Crippen molar-refractivity contribution in [1.29, 1.82) is 0 Å². The van der Waals surface area contributed by atoms with Crippen LogP contribution in [0.1, 0.15) is 21.8 Å². The quantitative estimate of drug-likeness (QED) is 0.396. The zero-order valence-corrected chi connectivity index (χ0v) is 17.7. The number of rotatable bonds is 7. The first-order valence-electron chi connectivity index (χ1n) is 9.42. The lowest BCUT2D eigenvalue weighted by atomic mass is 10.2. The fourth-order valence-electron chi connectivity index (χ4n) is 2.84. The van der Waals surface area contributed by atoms with Gasteiger partial charge in [-0.3, -0.25) is 4.79 Å². The Morgan fingerprint density at radius 3 is 2.55 bits per heavy atom. The highest BCUT2D eigenvalue weighted by atomic mass is 35.5. The Bertz CT molecular complexity index is 1210. The predicted molar refractivity (Wildman–Crippen MR) is 118 cm³/mol. The van der Waals surface area contributed by atoms with Crippen LogP contribution in [0.5, 0.6) is 5.75 Å². The van der Waals surface area contributed by atoms with Crippen LogP contribution in [0.25, 0.3) is 11.4 Å². The van der Waals surface area contributed by atoms with Gasteiger partial charge in [0.2, 0.25) is 11.7 Å².